The van der Waals surface area contributed by atoms with Crippen molar-refractivity contribution < 1.29 is 19.4 Å². The Labute approximate surface area is 82.1 Å². The Morgan fingerprint density at radius 1 is 1.50 bits per heavy atom. The molecule has 3 N–H and O–H groups in total. The van der Waals surface area contributed by atoms with Gasteiger partial charge in [-0.05, 0) is 0 Å². The van der Waals surface area contributed by atoms with Crippen molar-refractivity contribution in [3.63, 3.8) is 0 Å². The van der Waals surface area contributed by atoms with Crippen LogP contribution in [-0.4, -0.2) is 10.9 Å². The van der Waals surface area contributed by atoms with Gasteiger partial charge < -0.3 is 0 Å². The first kappa shape index (κ1) is 9.14. The topological polar surface area (TPSA) is 50.4 Å². The van der Waals surface area contributed by atoms with E-state index in [1.165, 1.54) is 19.4 Å². The number of nitrogens with zero attached hydrogens (tertiary/aromatic N) is 1. The molecular formula is C8H9N3W. The van der Waals surface area contributed by atoms with E-state index >= 15 is 0 Å². The van der Waals surface area contributed by atoms with Crippen LogP contribution in [0.15, 0.2) is 29.3 Å². The number of nitrogens with two attached hydrogens (primary N) is 1. The number of nitrogens with one attached hydrogen (secondary N) is 1. The normalized spacial score (nSPS) is 10.0. The van der Waals surface area contributed by atoms with Crippen LogP contribution in [0.2, 0.25) is 0 Å². The molecule has 0 amide bonds. The quantitative estimate of drug-likeness (QED) is 0.494. The van der Waals surface area contributed by atoms with Crippen LogP contribution in [0.25, 0.3) is 0 Å². The van der Waals surface area contributed by atoms with Crippen molar-refractivity contribution >= 4 is 22.2 Å². The van der Waals surface area contributed by atoms with Crippen molar-refractivity contribution in [1.29, 1.82) is 0 Å². The third-order valence-corrected chi connectivity index (χ3v) is 1.69. The zero-order valence-electron chi connectivity index (χ0n) is 6.40. The number of hydrogen-bond donors (Lipinski definition) is 2. The monoisotopic (exact) mass is 331 g/mol. The van der Waals surface area contributed by atoms with Gasteiger partial charge in [-0.3, -0.25) is 0 Å². The third kappa shape index (κ3) is 2.97. The summed E-state index contributed by atoms with van der Waals surface area (Å²) in [6, 6.07) is 7.53. The standard InChI is InChI=1S/C8H9N3.W/c1-10-6-11-8-4-2-3-7(9)5-8;/h1-6,11H,9H2;. The van der Waals surface area contributed by atoms with Crippen molar-refractivity contribution in [1.82, 2.24) is 0 Å². The molecule has 0 atom stereocenters. The zero-order chi connectivity index (χ0) is 8.81. The molecule has 3 nitrogen and oxygen atoms in total. The molecule has 0 fully saturated rings. The first-order valence-electron chi connectivity index (χ1n) is 3.40. The Balaban J connectivity index is 2.63. The summed E-state index contributed by atoms with van der Waals surface area (Å²) in [4.78, 5) is 3.93. The number of nitrogen functional groups attached to an aromatic ring is 1. The van der Waals surface area contributed by atoms with Gasteiger partial charge in [-0.2, -0.15) is 0 Å². The van der Waals surface area contributed by atoms with E-state index in [1.54, 1.807) is 10.9 Å². The summed E-state index contributed by atoms with van der Waals surface area (Å²) >= 11 is 1.33. The van der Waals surface area contributed by atoms with Crippen molar-refractivity contribution in [2.75, 3.05) is 11.1 Å². The Morgan fingerprint density at radius 2 is 2.33 bits per heavy atom. The maximum absolute atomic E-state index is 5.57. The van der Waals surface area contributed by atoms with Gasteiger partial charge in [-0.25, -0.2) is 0 Å². The summed E-state index contributed by atoms with van der Waals surface area (Å²) in [5.41, 5.74) is 7.28. The predicted octanol–water partition coefficient (Wildman–Crippen LogP) is 1.02. The fourth-order valence-corrected chi connectivity index (χ4v) is 0.989. The Bertz CT molecular complexity index is 296. The number of rotatable bonds is 3. The number of anilines is 2. The summed E-state index contributed by atoms with van der Waals surface area (Å²) in [5.74, 6) is 0. The van der Waals surface area contributed by atoms with Gasteiger partial charge in [-0.15, -0.1) is 0 Å². The van der Waals surface area contributed by atoms with Crippen molar-refractivity contribution in [3.8, 4) is 0 Å². The Morgan fingerprint density at radius 3 is 3.00 bits per heavy atom. The minimum absolute atomic E-state index is 0.750. The van der Waals surface area contributed by atoms with Gasteiger partial charge >= 0.3 is 81.9 Å². The molecule has 0 unspecified atom stereocenters. The van der Waals surface area contributed by atoms with Crippen LogP contribution >= 0.6 is 0 Å². The summed E-state index contributed by atoms with van der Waals surface area (Å²) in [6.45, 7) is 0. The molecule has 0 spiro atoms. The zero-order valence-corrected chi connectivity index (χ0v) is 9.33. The molecule has 1 rings (SSSR count). The number of hydrogen-bond acceptors (Lipinski definition) is 2. The summed E-state index contributed by atoms with van der Waals surface area (Å²) in [7, 11) is 0. The first-order chi connectivity index (χ1) is 5.83. The molecule has 0 aromatic heterocycles. The molecule has 0 aliphatic rings. The van der Waals surface area contributed by atoms with Gasteiger partial charge in [-0.1, -0.05) is 0 Å². The van der Waals surface area contributed by atoms with Crippen molar-refractivity contribution in [3.05, 3.63) is 24.3 Å². The molecule has 0 saturated heterocycles. The van der Waals surface area contributed by atoms with E-state index in [2.05, 4.69) is 10.3 Å². The molecule has 4 heteroatoms. The second-order valence-corrected chi connectivity index (χ2v) is 2.91. The molecule has 62 valence electrons. The first-order valence-corrected chi connectivity index (χ1v) is 5.09. The summed E-state index contributed by atoms with van der Waals surface area (Å²) < 4.78 is 1.79. The minimum atomic E-state index is 0.750. The molecule has 0 saturated carbocycles. The molecule has 0 aliphatic carbocycles. The SMILES string of the molecule is Nc1cccc(NC=N[CH]=[W])c1. The molecule has 1 aromatic carbocycles. The molecule has 12 heavy (non-hydrogen) atoms. The van der Waals surface area contributed by atoms with Crippen LogP contribution in [-0.2, 0) is 19.4 Å². The average Bonchev–Trinajstić information content (AvgIpc) is 2.05. The van der Waals surface area contributed by atoms with Crippen molar-refractivity contribution in [2.24, 2.45) is 4.99 Å². The van der Waals surface area contributed by atoms with Gasteiger partial charge in [0.2, 0.25) is 0 Å². The summed E-state index contributed by atoms with van der Waals surface area (Å²) in [6.07, 6.45) is 1.64. The predicted molar refractivity (Wildman–Crippen MR) is 49.0 cm³/mol. The molecule has 0 radical (unpaired) electrons. The van der Waals surface area contributed by atoms with Gasteiger partial charge in [0.25, 0.3) is 0 Å². The van der Waals surface area contributed by atoms with Crippen LogP contribution in [0, 0.1) is 0 Å². The Kier molecular flexibility index (Phi) is 3.68. The van der Waals surface area contributed by atoms with Crippen LogP contribution in [0.5, 0.6) is 0 Å². The fraction of sp³-hybridized carbons (Fsp3) is 0. The van der Waals surface area contributed by atoms with E-state index in [9.17, 15) is 0 Å². The van der Waals surface area contributed by atoms with Gasteiger partial charge in [0.1, 0.15) is 0 Å². The second kappa shape index (κ2) is 4.83. The van der Waals surface area contributed by atoms with E-state index in [4.69, 9.17) is 5.73 Å². The third-order valence-electron chi connectivity index (χ3n) is 1.25. The average molecular weight is 331 g/mol. The van der Waals surface area contributed by atoms with Crippen LogP contribution in [0.4, 0.5) is 11.4 Å². The van der Waals surface area contributed by atoms with E-state index in [-0.39, 0.29) is 0 Å². The van der Waals surface area contributed by atoms with Crippen LogP contribution < -0.4 is 11.1 Å². The molecular weight excluding hydrogens is 322 g/mol. The van der Waals surface area contributed by atoms with Gasteiger partial charge in [0.15, 0.2) is 0 Å². The van der Waals surface area contributed by atoms with E-state index in [0.29, 0.717) is 0 Å². The molecule has 0 heterocycles. The van der Waals surface area contributed by atoms with E-state index in [1.807, 2.05) is 24.3 Å². The van der Waals surface area contributed by atoms with Crippen LogP contribution in [0.3, 0.4) is 0 Å². The molecule has 1 aromatic rings. The molecule has 0 bridgehead atoms. The maximum atomic E-state index is 5.57. The summed E-state index contributed by atoms with van der Waals surface area (Å²) in [5, 5.41) is 3.00. The Hall–Kier alpha value is -0.952. The second-order valence-electron chi connectivity index (χ2n) is 2.15. The number of aliphatic imine (C=N–C) groups is 1. The van der Waals surface area contributed by atoms with Gasteiger partial charge in [0.05, 0.1) is 0 Å². The van der Waals surface area contributed by atoms with E-state index in [0.717, 1.165) is 11.4 Å². The van der Waals surface area contributed by atoms with Crippen LogP contribution in [0.1, 0.15) is 0 Å². The van der Waals surface area contributed by atoms with Gasteiger partial charge in [0, 0.05) is 0 Å². The molecule has 0 aliphatic heterocycles. The number of benzene rings is 1. The fourth-order valence-electron chi connectivity index (χ4n) is 0.771. The van der Waals surface area contributed by atoms with E-state index < -0.39 is 0 Å². The van der Waals surface area contributed by atoms with Crippen molar-refractivity contribution in [2.45, 2.75) is 0 Å².